The molecule has 25 heavy (non-hydrogen) atoms. The second-order valence-electron chi connectivity index (χ2n) is 6.31. The van der Waals surface area contributed by atoms with Gasteiger partial charge < -0.3 is 10.2 Å². The number of carbonyl (C=O) groups is 1. The summed E-state index contributed by atoms with van der Waals surface area (Å²) >= 11 is 0. The quantitative estimate of drug-likeness (QED) is 0.806. The van der Waals surface area contributed by atoms with E-state index < -0.39 is 0 Å². The maximum absolute atomic E-state index is 11.3. The molecular formula is C19H25N5O. The third-order valence-corrected chi connectivity index (χ3v) is 4.49. The Hall–Kier alpha value is -2.31. The Morgan fingerprint density at radius 1 is 1.08 bits per heavy atom. The van der Waals surface area contributed by atoms with Crippen molar-refractivity contribution >= 4 is 5.91 Å². The van der Waals surface area contributed by atoms with Gasteiger partial charge in [-0.2, -0.15) is 0 Å². The molecule has 1 aromatic heterocycles. The molecule has 0 bridgehead atoms. The fourth-order valence-corrected chi connectivity index (χ4v) is 2.94. The molecule has 3 rings (SSSR count). The number of nitrogens with zero attached hydrogens (tertiary/aromatic N) is 4. The van der Waals surface area contributed by atoms with Gasteiger partial charge >= 0.3 is 0 Å². The molecule has 1 N–H and O–H groups in total. The zero-order chi connectivity index (χ0) is 17.5. The first kappa shape index (κ1) is 17.5. The average Bonchev–Trinajstić information content (AvgIpc) is 2.67. The van der Waals surface area contributed by atoms with Crippen molar-refractivity contribution in [3.8, 4) is 11.4 Å². The largest absolute Gasteiger partial charge is 0.340 e. The SMILES string of the molecule is CC(=O)N1CCN(CCNCc2cnc(-c3ccccc3)nc2)CC1. The number of carbonyl (C=O) groups excluding carboxylic acids is 1. The first-order chi connectivity index (χ1) is 12.2. The van der Waals surface area contributed by atoms with Gasteiger partial charge in [-0.15, -0.1) is 0 Å². The van der Waals surface area contributed by atoms with Crippen LogP contribution >= 0.6 is 0 Å². The van der Waals surface area contributed by atoms with Gasteiger partial charge in [0.25, 0.3) is 0 Å². The van der Waals surface area contributed by atoms with E-state index in [2.05, 4.69) is 20.2 Å². The molecule has 1 aliphatic heterocycles. The number of rotatable bonds is 6. The summed E-state index contributed by atoms with van der Waals surface area (Å²) in [6.45, 7) is 7.90. The number of hydrogen-bond acceptors (Lipinski definition) is 5. The third kappa shape index (κ3) is 5.08. The van der Waals surface area contributed by atoms with Crippen LogP contribution in [-0.4, -0.2) is 64.9 Å². The highest BCUT2D eigenvalue weighted by atomic mass is 16.2. The molecule has 0 radical (unpaired) electrons. The van der Waals surface area contributed by atoms with Gasteiger partial charge in [0.15, 0.2) is 5.82 Å². The lowest BCUT2D eigenvalue weighted by Gasteiger charge is -2.34. The number of aromatic nitrogens is 2. The number of benzene rings is 1. The summed E-state index contributed by atoms with van der Waals surface area (Å²) in [6, 6.07) is 9.99. The van der Waals surface area contributed by atoms with Crippen LogP contribution in [0.25, 0.3) is 11.4 Å². The number of amides is 1. The molecule has 2 heterocycles. The van der Waals surface area contributed by atoms with E-state index in [0.29, 0.717) is 0 Å². The summed E-state index contributed by atoms with van der Waals surface area (Å²) in [5.74, 6) is 0.935. The second-order valence-corrected chi connectivity index (χ2v) is 6.31. The molecule has 2 aromatic rings. The smallest absolute Gasteiger partial charge is 0.219 e. The van der Waals surface area contributed by atoms with Crippen LogP contribution in [-0.2, 0) is 11.3 Å². The van der Waals surface area contributed by atoms with Gasteiger partial charge in [0.1, 0.15) is 0 Å². The molecule has 1 fully saturated rings. The first-order valence-corrected chi connectivity index (χ1v) is 8.77. The topological polar surface area (TPSA) is 61.4 Å². The molecule has 0 atom stereocenters. The lowest BCUT2D eigenvalue weighted by molar-refractivity contribution is -0.130. The van der Waals surface area contributed by atoms with Gasteiger partial charge in [-0.25, -0.2) is 9.97 Å². The monoisotopic (exact) mass is 339 g/mol. The van der Waals surface area contributed by atoms with Crippen molar-refractivity contribution in [2.75, 3.05) is 39.3 Å². The van der Waals surface area contributed by atoms with Crippen molar-refractivity contribution in [2.45, 2.75) is 13.5 Å². The summed E-state index contributed by atoms with van der Waals surface area (Å²) in [6.07, 6.45) is 3.77. The van der Waals surface area contributed by atoms with Crippen molar-refractivity contribution in [1.82, 2.24) is 25.1 Å². The van der Waals surface area contributed by atoms with Gasteiger partial charge in [-0.05, 0) is 0 Å². The maximum atomic E-state index is 11.3. The Labute approximate surface area is 148 Å². The van der Waals surface area contributed by atoms with Crippen LogP contribution in [0.1, 0.15) is 12.5 Å². The minimum atomic E-state index is 0.178. The van der Waals surface area contributed by atoms with Crippen molar-refractivity contribution in [1.29, 1.82) is 0 Å². The van der Waals surface area contributed by atoms with Gasteiger partial charge in [0, 0.05) is 76.3 Å². The second kappa shape index (κ2) is 8.69. The average molecular weight is 339 g/mol. The molecule has 0 spiro atoms. The molecule has 6 heteroatoms. The summed E-state index contributed by atoms with van der Waals surface area (Å²) in [5.41, 5.74) is 2.12. The van der Waals surface area contributed by atoms with E-state index >= 15 is 0 Å². The highest BCUT2D eigenvalue weighted by molar-refractivity contribution is 5.73. The molecule has 0 unspecified atom stereocenters. The molecule has 6 nitrogen and oxygen atoms in total. The van der Waals surface area contributed by atoms with Gasteiger partial charge in [-0.3, -0.25) is 9.69 Å². The minimum absolute atomic E-state index is 0.178. The summed E-state index contributed by atoms with van der Waals surface area (Å²) < 4.78 is 0. The van der Waals surface area contributed by atoms with E-state index in [9.17, 15) is 4.79 Å². The van der Waals surface area contributed by atoms with E-state index in [0.717, 1.165) is 62.8 Å². The molecule has 1 aliphatic rings. The third-order valence-electron chi connectivity index (χ3n) is 4.49. The normalized spacial score (nSPS) is 15.3. The predicted molar refractivity (Wildman–Crippen MR) is 97.9 cm³/mol. The molecule has 1 amide bonds. The molecular weight excluding hydrogens is 314 g/mol. The standard InChI is InChI=1S/C19H25N5O/c1-16(25)24-11-9-23(10-12-24)8-7-20-13-17-14-21-19(22-15-17)18-5-3-2-4-6-18/h2-6,14-15,20H,7-13H2,1H3. The zero-order valence-corrected chi connectivity index (χ0v) is 14.7. The maximum Gasteiger partial charge on any atom is 0.219 e. The highest BCUT2D eigenvalue weighted by Crippen LogP contribution is 2.13. The Bertz CT molecular complexity index is 666. The molecule has 1 saturated heterocycles. The molecule has 132 valence electrons. The predicted octanol–water partition coefficient (Wildman–Crippen LogP) is 1.40. The van der Waals surface area contributed by atoms with Crippen molar-refractivity contribution in [3.63, 3.8) is 0 Å². The number of nitrogens with one attached hydrogen (secondary N) is 1. The van der Waals surface area contributed by atoms with Crippen LogP contribution in [0.15, 0.2) is 42.7 Å². The van der Waals surface area contributed by atoms with Crippen molar-refractivity contribution in [3.05, 3.63) is 48.3 Å². The van der Waals surface area contributed by atoms with Crippen LogP contribution in [0.4, 0.5) is 0 Å². The lowest BCUT2D eigenvalue weighted by Crippen LogP contribution is -2.49. The highest BCUT2D eigenvalue weighted by Gasteiger charge is 2.17. The summed E-state index contributed by atoms with van der Waals surface area (Å²) in [4.78, 5) is 24.5. The zero-order valence-electron chi connectivity index (χ0n) is 14.7. The van der Waals surface area contributed by atoms with Gasteiger partial charge in [0.2, 0.25) is 5.91 Å². The summed E-state index contributed by atoms with van der Waals surface area (Å²) in [5, 5.41) is 3.44. The van der Waals surface area contributed by atoms with Crippen LogP contribution < -0.4 is 5.32 Å². The molecule has 0 saturated carbocycles. The molecule has 0 aliphatic carbocycles. The number of piperazine rings is 1. The van der Waals surface area contributed by atoms with E-state index in [1.807, 2.05) is 47.6 Å². The molecule has 1 aromatic carbocycles. The van der Waals surface area contributed by atoms with E-state index in [-0.39, 0.29) is 5.91 Å². The van der Waals surface area contributed by atoms with Gasteiger partial charge in [-0.1, -0.05) is 30.3 Å². The van der Waals surface area contributed by atoms with Crippen LogP contribution in [0, 0.1) is 0 Å². The Balaban J connectivity index is 1.38. The van der Waals surface area contributed by atoms with E-state index in [1.165, 1.54) is 0 Å². The fraction of sp³-hybridized carbons (Fsp3) is 0.421. The van der Waals surface area contributed by atoms with E-state index in [1.54, 1.807) is 6.92 Å². The first-order valence-electron chi connectivity index (χ1n) is 8.77. The lowest BCUT2D eigenvalue weighted by atomic mass is 10.2. The Morgan fingerprint density at radius 3 is 2.40 bits per heavy atom. The Kier molecular flexibility index (Phi) is 6.09. The minimum Gasteiger partial charge on any atom is -0.340 e. The van der Waals surface area contributed by atoms with Crippen LogP contribution in [0.2, 0.25) is 0 Å². The Morgan fingerprint density at radius 2 is 1.76 bits per heavy atom. The van der Waals surface area contributed by atoms with E-state index in [4.69, 9.17) is 0 Å². The fourth-order valence-electron chi connectivity index (χ4n) is 2.94. The summed E-state index contributed by atoms with van der Waals surface area (Å²) in [7, 11) is 0. The van der Waals surface area contributed by atoms with Crippen molar-refractivity contribution in [2.24, 2.45) is 0 Å². The van der Waals surface area contributed by atoms with Crippen LogP contribution in [0.3, 0.4) is 0 Å². The van der Waals surface area contributed by atoms with Crippen LogP contribution in [0.5, 0.6) is 0 Å². The van der Waals surface area contributed by atoms with Gasteiger partial charge in [0.05, 0.1) is 0 Å². The number of hydrogen-bond donors (Lipinski definition) is 1. The van der Waals surface area contributed by atoms with Crippen molar-refractivity contribution < 1.29 is 4.79 Å².